The van der Waals surface area contributed by atoms with E-state index in [4.69, 9.17) is 5.11 Å². The van der Waals surface area contributed by atoms with Crippen molar-refractivity contribution in [1.82, 2.24) is 0 Å². The van der Waals surface area contributed by atoms with Gasteiger partial charge < -0.3 is 10.0 Å². The Bertz CT molecular complexity index is 576. The molecule has 2 rings (SSSR count). The fourth-order valence-electron chi connectivity index (χ4n) is 1.97. The molecule has 0 atom stereocenters. The lowest BCUT2D eigenvalue weighted by Crippen LogP contribution is -2.22. The maximum absolute atomic E-state index is 13.3. The van der Waals surface area contributed by atoms with Crippen molar-refractivity contribution >= 4 is 5.69 Å². The van der Waals surface area contributed by atoms with Crippen molar-refractivity contribution in [1.29, 1.82) is 0 Å². The molecule has 0 unspecified atom stereocenters. The van der Waals surface area contributed by atoms with Gasteiger partial charge in [-0.25, -0.2) is 13.2 Å². The van der Waals surface area contributed by atoms with Crippen LogP contribution in [0.5, 0.6) is 5.75 Å². The van der Waals surface area contributed by atoms with Crippen molar-refractivity contribution < 1.29 is 18.3 Å². The van der Waals surface area contributed by atoms with Crippen LogP contribution in [0, 0.1) is 17.5 Å². The minimum atomic E-state index is -0.991. The molecule has 0 saturated heterocycles. The second-order valence-electron chi connectivity index (χ2n) is 4.40. The standard InChI is InChI=1S/C15H14F3NO/c1-2-19(12-5-3-11(16)4-6-12)9-10-7-13(17)15(20)14(18)8-10/h3-8,20H,2,9H2,1H3. The van der Waals surface area contributed by atoms with Crippen LogP contribution in [0.25, 0.3) is 0 Å². The van der Waals surface area contributed by atoms with Crippen LogP contribution in [0.2, 0.25) is 0 Å². The average molecular weight is 281 g/mol. The SMILES string of the molecule is CCN(Cc1cc(F)c(O)c(F)c1)c1ccc(F)cc1. The Labute approximate surface area is 115 Å². The van der Waals surface area contributed by atoms with Gasteiger partial charge in [-0.1, -0.05) is 0 Å². The molecular formula is C15H14F3NO. The molecule has 0 aliphatic heterocycles. The van der Waals surface area contributed by atoms with Crippen LogP contribution in [0.3, 0.4) is 0 Å². The zero-order valence-corrected chi connectivity index (χ0v) is 10.9. The van der Waals surface area contributed by atoms with Crippen LogP contribution in [-0.4, -0.2) is 11.7 Å². The molecule has 1 N–H and O–H groups in total. The highest BCUT2D eigenvalue weighted by Gasteiger charge is 2.12. The number of nitrogens with zero attached hydrogens (tertiary/aromatic N) is 1. The lowest BCUT2D eigenvalue weighted by atomic mass is 10.1. The summed E-state index contributed by atoms with van der Waals surface area (Å²) in [4.78, 5) is 1.84. The van der Waals surface area contributed by atoms with E-state index in [2.05, 4.69) is 0 Å². The summed E-state index contributed by atoms with van der Waals surface area (Å²) in [5.74, 6) is -3.30. The molecule has 0 radical (unpaired) electrons. The molecule has 0 amide bonds. The van der Waals surface area contributed by atoms with E-state index in [9.17, 15) is 13.2 Å². The van der Waals surface area contributed by atoms with E-state index in [0.29, 0.717) is 12.1 Å². The Hall–Kier alpha value is -2.17. The molecule has 20 heavy (non-hydrogen) atoms. The van der Waals surface area contributed by atoms with Gasteiger partial charge in [-0.3, -0.25) is 0 Å². The van der Waals surface area contributed by atoms with Gasteiger partial charge >= 0.3 is 0 Å². The molecule has 2 aromatic rings. The molecule has 0 heterocycles. The first-order valence-electron chi connectivity index (χ1n) is 6.18. The maximum Gasteiger partial charge on any atom is 0.187 e. The summed E-state index contributed by atoms with van der Waals surface area (Å²) in [6, 6.07) is 8.04. The van der Waals surface area contributed by atoms with Gasteiger partial charge in [0, 0.05) is 18.8 Å². The molecule has 0 aliphatic rings. The summed E-state index contributed by atoms with van der Waals surface area (Å²) in [5.41, 5.74) is 1.15. The highest BCUT2D eigenvalue weighted by atomic mass is 19.1. The van der Waals surface area contributed by atoms with E-state index in [1.54, 1.807) is 12.1 Å². The number of halogens is 3. The van der Waals surface area contributed by atoms with Gasteiger partial charge in [0.1, 0.15) is 5.82 Å². The summed E-state index contributed by atoms with van der Waals surface area (Å²) in [6.07, 6.45) is 0. The molecule has 106 valence electrons. The maximum atomic E-state index is 13.3. The quantitative estimate of drug-likeness (QED) is 0.920. The van der Waals surface area contributed by atoms with Gasteiger partial charge in [-0.05, 0) is 48.9 Å². The highest BCUT2D eigenvalue weighted by Crippen LogP contribution is 2.24. The Kier molecular flexibility index (Phi) is 4.17. The van der Waals surface area contributed by atoms with Gasteiger partial charge in [-0.2, -0.15) is 0 Å². The molecule has 2 nitrogen and oxygen atoms in total. The number of anilines is 1. The number of aromatic hydroxyl groups is 1. The Morgan fingerprint density at radius 3 is 2.05 bits per heavy atom. The topological polar surface area (TPSA) is 23.5 Å². The van der Waals surface area contributed by atoms with E-state index >= 15 is 0 Å². The zero-order valence-electron chi connectivity index (χ0n) is 10.9. The minimum absolute atomic E-state index is 0.260. The number of phenols is 1. The van der Waals surface area contributed by atoms with Crippen molar-refractivity contribution in [3.63, 3.8) is 0 Å². The van der Waals surface area contributed by atoms with Crippen LogP contribution < -0.4 is 4.90 Å². The fraction of sp³-hybridized carbons (Fsp3) is 0.200. The summed E-state index contributed by atoms with van der Waals surface area (Å²) in [7, 11) is 0. The first kappa shape index (κ1) is 14.2. The number of phenolic OH excluding ortho intramolecular Hbond substituents is 1. The monoisotopic (exact) mass is 281 g/mol. The van der Waals surface area contributed by atoms with Gasteiger partial charge in [-0.15, -0.1) is 0 Å². The van der Waals surface area contributed by atoms with Crippen molar-refractivity contribution in [2.75, 3.05) is 11.4 Å². The van der Waals surface area contributed by atoms with Gasteiger partial charge in [0.25, 0.3) is 0 Å². The zero-order chi connectivity index (χ0) is 14.7. The van der Waals surface area contributed by atoms with E-state index in [1.165, 1.54) is 12.1 Å². The third-order valence-corrected chi connectivity index (χ3v) is 3.02. The van der Waals surface area contributed by atoms with Gasteiger partial charge in [0.15, 0.2) is 17.4 Å². The third-order valence-electron chi connectivity index (χ3n) is 3.02. The number of rotatable bonds is 4. The molecule has 0 fully saturated rings. The van der Waals surface area contributed by atoms with Gasteiger partial charge in [0.2, 0.25) is 0 Å². The molecule has 0 spiro atoms. The first-order chi connectivity index (χ1) is 9.51. The van der Waals surface area contributed by atoms with Crippen LogP contribution in [0.15, 0.2) is 36.4 Å². The third kappa shape index (κ3) is 3.04. The Morgan fingerprint density at radius 2 is 1.55 bits per heavy atom. The molecule has 0 aliphatic carbocycles. The molecule has 0 saturated carbocycles. The lowest BCUT2D eigenvalue weighted by molar-refractivity contribution is 0.395. The van der Waals surface area contributed by atoms with E-state index < -0.39 is 17.4 Å². The van der Waals surface area contributed by atoms with Gasteiger partial charge in [0.05, 0.1) is 0 Å². The lowest BCUT2D eigenvalue weighted by Gasteiger charge is -2.23. The minimum Gasteiger partial charge on any atom is -0.503 e. The Balaban J connectivity index is 2.24. The molecule has 0 bridgehead atoms. The van der Waals surface area contributed by atoms with E-state index in [1.807, 2.05) is 11.8 Å². The largest absolute Gasteiger partial charge is 0.503 e. The molecule has 5 heteroatoms. The average Bonchev–Trinajstić information content (AvgIpc) is 2.43. The van der Waals surface area contributed by atoms with Crippen LogP contribution >= 0.6 is 0 Å². The van der Waals surface area contributed by atoms with Crippen molar-refractivity contribution in [3.8, 4) is 5.75 Å². The highest BCUT2D eigenvalue weighted by molar-refractivity contribution is 5.47. The van der Waals surface area contributed by atoms with E-state index in [-0.39, 0.29) is 12.4 Å². The second-order valence-corrected chi connectivity index (χ2v) is 4.40. The van der Waals surface area contributed by atoms with Crippen LogP contribution in [-0.2, 0) is 6.54 Å². The Morgan fingerprint density at radius 1 is 1.00 bits per heavy atom. The van der Waals surface area contributed by atoms with Crippen LogP contribution in [0.1, 0.15) is 12.5 Å². The normalized spacial score (nSPS) is 10.6. The number of hydrogen-bond acceptors (Lipinski definition) is 2. The van der Waals surface area contributed by atoms with Crippen molar-refractivity contribution in [2.45, 2.75) is 13.5 Å². The van der Waals surface area contributed by atoms with Crippen LogP contribution in [0.4, 0.5) is 18.9 Å². The number of hydrogen-bond donors (Lipinski definition) is 1. The predicted octanol–water partition coefficient (Wildman–Crippen LogP) is 3.84. The fourth-order valence-corrected chi connectivity index (χ4v) is 1.97. The smallest absolute Gasteiger partial charge is 0.187 e. The predicted molar refractivity (Wildman–Crippen MR) is 71.1 cm³/mol. The number of benzene rings is 2. The van der Waals surface area contributed by atoms with Crippen molar-refractivity contribution in [2.24, 2.45) is 0 Å². The summed E-state index contributed by atoms with van der Waals surface area (Å²) >= 11 is 0. The first-order valence-corrected chi connectivity index (χ1v) is 6.18. The molecule has 2 aromatic carbocycles. The van der Waals surface area contributed by atoms with Crippen molar-refractivity contribution in [3.05, 3.63) is 59.4 Å². The summed E-state index contributed by atoms with van der Waals surface area (Å²) in [5, 5.41) is 9.06. The molecule has 0 aromatic heterocycles. The second kappa shape index (κ2) is 5.86. The molecular weight excluding hydrogens is 267 g/mol. The summed E-state index contributed by atoms with van der Waals surface area (Å²) in [6.45, 7) is 2.74. The van der Waals surface area contributed by atoms with E-state index in [0.717, 1.165) is 17.8 Å². The summed E-state index contributed by atoms with van der Waals surface area (Å²) < 4.78 is 39.5.